The van der Waals surface area contributed by atoms with Gasteiger partial charge in [0.1, 0.15) is 41.6 Å². The van der Waals surface area contributed by atoms with Gasteiger partial charge in [-0.25, -0.2) is 4.98 Å². The van der Waals surface area contributed by atoms with Gasteiger partial charge in [-0.3, -0.25) is 33.8 Å². The van der Waals surface area contributed by atoms with Crippen molar-refractivity contribution >= 4 is 63.4 Å². The molecule has 6 rings (SSSR count). The molecule has 0 spiro atoms. The summed E-state index contributed by atoms with van der Waals surface area (Å²) in [5, 5.41) is 26.2. The van der Waals surface area contributed by atoms with E-state index in [2.05, 4.69) is 66.5 Å². The molecule has 0 aliphatic carbocycles. The second-order valence-corrected chi connectivity index (χ2v) is 22.8. The molecule has 0 radical (unpaired) electrons. The predicted molar refractivity (Wildman–Crippen MR) is 287 cm³/mol. The van der Waals surface area contributed by atoms with Crippen LogP contribution >= 0.6 is 11.3 Å². The van der Waals surface area contributed by atoms with E-state index in [-0.39, 0.29) is 54.9 Å². The lowest BCUT2D eigenvalue weighted by Crippen LogP contribution is -2.65. The van der Waals surface area contributed by atoms with Gasteiger partial charge in [-0.2, -0.15) is 0 Å². The van der Waals surface area contributed by atoms with Gasteiger partial charge in [0, 0.05) is 42.5 Å². The Kier molecular flexibility index (Phi) is 18.4. The Labute approximate surface area is 433 Å². The van der Waals surface area contributed by atoms with Gasteiger partial charge in [-0.05, 0) is 57.1 Å². The number of hydrogen-bond acceptors (Lipinski definition) is 12. The van der Waals surface area contributed by atoms with E-state index in [4.69, 9.17) is 10.7 Å². The normalized spacial score (nSPS) is 20.8. The summed E-state index contributed by atoms with van der Waals surface area (Å²) < 4.78 is 0. The number of aromatic nitrogens is 1. The molecule has 3 unspecified atom stereocenters. The lowest BCUT2D eigenvalue weighted by molar-refractivity contribution is -0.140. The number of amides is 6. The van der Waals surface area contributed by atoms with Crippen LogP contribution in [0.5, 0.6) is 0 Å². The first-order valence-electron chi connectivity index (χ1n) is 25.2. The van der Waals surface area contributed by atoms with Gasteiger partial charge in [0.05, 0.1) is 25.0 Å². The molecule has 1 saturated heterocycles. The average Bonchev–Trinajstić information content (AvgIpc) is 4.03. The molecular formula is C55H75N11O6S. The van der Waals surface area contributed by atoms with E-state index in [1.165, 1.54) is 16.2 Å². The molecule has 3 heterocycles. The van der Waals surface area contributed by atoms with Gasteiger partial charge in [0.25, 0.3) is 0 Å². The Morgan fingerprint density at radius 3 is 2.25 bits per heavy atom. The number of nitrogens with one attached hydrogen (secondary N) is 7. The van der Waals surface area contributed by atoms with Crippen LogP contribution in [0.3, 0.4) is 0 Å². The molecule has 4 aromatic rings. The molecule has 8 atom stereocenters. The van der Waals surface area contributed by atoms with Crippen molar-refractivity contribution in [3.8, 4) is 0 Å². The largest absolute Gasteiger partial charge is 0.399 e. The summed E-state index contributed by atoms with van der Waals surface area (Å²) in [5.74, 6) is -3.46. The molecule has 1 aromatic heterocycles. The smallest absolute Gasteiger partial charge is 0.244 e. The number of nitrogens with two attached hydrogens (primary N) is 1. The maximum absolute atomic E-state index is 15.1. The van der Waals surface area contributed by atoms with Crippen LogP contribution < -0.4 is 43.0 Å². The minimum Gasteiger partial charge on any atom is -0.399 e. The SMILES string of the molecule is CC(C)[C@@H]1NC(=O)[C@@H]2[C@H](C)CCN2C(=O)CN=C(NC(C(=O)NC(C(=O)N[C@H](CC(=O)NC/C(N)=C/NCc2ccc3ccccc3c2)c2nccs2)[C@@H](C)c2ccccc2)C(C)(C)C)C(C(C)(C)C)NC1=O. The van der Waals surface area contributed by atoms with Crippen molar-refractivity contribution in [1.29, 1.82) is 0 Å². The second-order valence-electron chi connectivity index (χ2n) is 21.9. The Balaban J connectivity index is 1.23. The number of benzene rings is 3. The molecule has 3 aromatic carbocycles. The Hall–Kier alpha value is -6.82. The summed E-state index contributed by atoms with van der Waals surface area (Å²) >= 11 is 1.28. The number of aliphatic imine (C=N–C) groups is 1. The number of rotatable bonds is 16. The van der Waals surface area contributed by atoms with E-state index in [9.17, 15) is 24.0 Å². The van der Waals surface area contributed by atoms with Crippen LogP contribution in [0.15, 0.2) is 101 Å². The maximum Gasteiger partial charge on any atom is 0.244 e. The maximum atomic E-state index is 15.1. The van der Waals surface area contributed by atoms with E-state index in [1.54, 1.807) is 17.8 Å². The number of carbonyl (C=O) groups is 6. The third kappa shape index (κ3) is 14.7. The molecule has 392 valence electrons. The highest BCUT2D eigenvalue weighted by Gasteiger charge is 2.44. The number of amidine groups is 1. The number of carbonyl (C=O) groups excluding carboxylic acids is 6. The van der Waals surface area contributed by atoms with Crippen molar-refractivity contribution in [3.05, 3.63) is 112 Å². The van der Waals surface area contributed by atoms with Crippen molar-refractivity contribution in [2.24, 2.45) is 33.4 Å². The van der Waals surface area contributed by atoms with Crippen molar-refractivity contribution in [2.75, 3.05) is 19.6 Å². The minimum absolute atomic E-state index is 0.0546. The fourth-order valence-corrected chi connectivity index (χ4v) is 9.93. The monoisotopic (exact) mass is 1020 g/mol. The van der Waals surface area contributed by atoms with Gasteiger partial charge in [0.2, 0.25) is 35.4 Å². The van der Waals surface area contributed by atoms with Crippen molar-refractivity contribution in [2.45, 2.75) is 131 Å². The Morgan fingerprint density at radius 1 is 0.890 bits per heavy atom. The third-order valence-corrected chi connectivity index (χ3v) is 14.4. The molecule has 17 nitrogen and oxygen atoms in total. The number of nitrogens with zero attached hydrogens (tertiary/aromatic N) is 3. The standard InChI is InChI=1S/C55H75N11O6S/c1-32(2)43-49(69)65-46(54(5,6)7)48(60-31-42(68)66-24-22-33(3)45(66)51(71)62-43)64-47(55(8,9)10)52(72)63-44(34(4)36-16-12-11-13-17-36)50(70)61-40(53-58-23-25-73-53)27-41(67)59-30-39(56)29-57-28-35-20-21-37-18-14-15-19-38(37)26-35/h11-21,23,25-26,29,32-34,40,43-47,57H,22,24,27-28,30-31,56H2,1-10H3,(H,59,67)(H,60,64)(H,61,70)(H,62,71)(H,63,72)(H,65,69)/b39-29-/t33-,34+,40-,43+,44?,45+,46?,47?/m1/s1. The fourth-order valence-electron chi connectivity index (χ4n) is 9.24. The van der Waals surface area contributed by atoms with Gasteiger partial charge < -0.3 is 47.9 Å². The number of hydrogen-bond donors (Lipinski definition) is 8. The summed E-state index contributed by atoms with van der Waals surface area (Å²) in [6.45, 7) is 19.4. The zero-order valence-electron chi connectivity index (χ0n) is 43.9. The first kappa shape index (κ1) is 55.5. The molecule has 1 fully saturated rings. The summed E-state index contributed by atoms with van der Waals surface area (Å²) in [4.78, 5) is 96.4. The Bertz CT molecular complexity index is 2640. The zero-order valence-corrected chi connectivity index (χ0v) is 44.7. The molecule has 6 amide bonds. The summed E-state index contributed by atoms with van der Waals surface area (Å²) in [5.41, 5.74) is 7.00. The van der Waals surface area contributed by atoms with Crippen LogP contribution in [0.4, 0.5) is 0 Å². The zero-order chi connectivity index (χ0) is 53.2. The van der Waals surface area contributed by atoms with Crippen LogP contribution in [-0.2, 0) is 35.3 Å². The summed E-state index contributed by atoms with van der Waals surface area (Å²) in [6, 6.07) is 18.0. The van der Waals surface area contributed by atoms with E-state index in [0.717, 1.165) is 21.9 Å². The van der Waals surface area contributed by atoms with E-state index in [1.807, 2.05) is 118 Å². The van der Waals surface area contributed by atoms with Crippen LogP contribution in [0.1, 0.15) is 110 Å². The van der Waals surface area contributed by atoms with Gasteiger partial charge in [0.15, 0.2) is 0 Å². The van der Waals surface area contributed by atoms with E-state index < -0.39 is 70.7 Å². The first-order valence-corrected chi connectivity index (χ1v) is 26.1. The molecule has 2 aliphatic heterocycles. The quantitative estimate of drug-likeness (QED) is 0.0733. The van der Waals surface area contributed by atoms with Gasteiger partial charge in [-0.15, -0.1) is 11.3 Å². The van der Waals surface area contributed by atoms with Crippen molar-refractivity contribution < 1.29 is 28.8 Å². The van der Waals surface area contributed by atoms with Crippen LogP contribution in [0.2, 0.25) is 0 Å². The molecule has 9 N–H and O–H groups in total. The highest BCUT2D eigenvalue weighted by atomic mass is 32.1. The lowest BCUT2D eigenvalue weighted by Gasteiger charge is -2.39. The van der Waals surface area contributed by atoms with E-state index in [0.29, 0.717) is 30.2 Å². The number of thiazole rings is 1. The Morgan fingerprint density at radius 2 is 1.59 bits per heavy atom. The molecule has 2 aliphatic rings. The van der Waals surface area contributed by atoms with Crippen molar-refractivity contribution in [1.82, 2.24) is 47.1 Å². The molecule has 0 saturated carbocycles. The van der Waals surface area contributed by atoms with Crippen LogP contribution in [0, 0.1) is 22.7 Å². The first-order chi connectivity index (χ1) is 34.5. The predicted octanol–water partition coefficient (Wildman–Crippen LogP) is 5.16. The highest BCUT2D eigenvalue weighted by Crippen LogP contribution is 2.29. The van der Waals surface area contributed by atoms with Gasteiger partial charge in [-0.1, -0.05) is 136 Å². The van der Waals surface area contributed by atoms with Crippen LogP contribution in [0.25, 0.3) is 10.8 Å². The number of fused-ring (bicyclic) bond motifs is 2. The topological polar surface area (TPSA) is 241 Å². The average molecular weight is 1020 g/mol. The highest BCUT2D eigenvalue weighted by molar-refractivity contribution is 7.09. The molecule has 73 heavy (non-hydrogen) atoms. The molecule has 18 heteroatoms. The molecular weight excluding hydrogens is 943 g/mol. The van der Waals surface area contributed by atoms with Gasteiger partial charge >= 0.3 is 0 Å². The second kappa shape index (κ2) is 24.3. The summed E-state index contributed by atoms with van der Waals surface area (Å²) in [7, 11) is 0. The molecule has 0 bridgehead atoms. The fraction of sp³-hybridized carbons (Fsp3) is 0.491. The summed E-state index contributed by atoms with van der Waals surface area (Å²) in [6.07, 6.45) is 3.70. The lowest BCUT2D eigenvalue weighted by atomic mass is 9.82. The van der Waals surface area contributed by atoms with Crippen LogP contribution in [-0.4, -0.2) is 101 Å². The van der Waals surface area contributed by atoms with Crippen molar-refractivity contribution in [3.63, 3.8) is 0 Å². The minimum atomic E-state index is -1.17. The third-order valence-electron chi connectivity index (χ3n) is 13.5. The van der Waals surface area contributed by atoms with E-state index >= 15 is 4.79 Å².